The van der Waals surface area contributed by atoms with Gasteiger partial charge >= 0.3 is 0 Å². The van der Waals surface area contributed by atoms with E-state index in [4.69, 9.17) is 29.8 Å². The molecule has 0 aliphatic carbocycles. The molecule has 0 amide bonds. The van der Waals surface area contributed by atoms with Gasteiger partial charge in [-0.25, -0.2) is 0 Å². The minimum Gasteiger partial charge on any atom is -0.493 e. The van der Waals surface area contributed by atoms with Gasteiger partial charge in [0.05, 0.1) is 25.2 Å². The maximum atomic E-state index is 10.8. The topological polar surface area (TPSA) is 133 Å². The van der Waals surface area contributed by atoms with E-state index in [1.165, 1.54) is 19.2 Å². The largest absolute Gasteiger partial charge is 0.493 e. The van der Waals surface area contributed by atoms with Crippen LogP contribution in [-0.2, 0) is 0 Å². The van der Waals surface area contributed by atoms with Gasteiger partial charge in [0.25, 0.3) is 5.69 Å². The molecule has 2 saturated heterocycles. The van der Waals surface area contributed by atoms with E-state index in [1.807, 2.05) is 12.1 Å². The van der Waals surface area contributed by atoms with Crippen LogP contribution in [0, 0.1) is 10.1 Å². The molecule has 0 radical (unpaired) electrons. The van der Waals surface area contributed by atoms with Gasteiger partial charge < -0.3 is 39.6 Å². The van der Waals surface area contributed by atoms with Gasteiger partial charge in [-0.1, -0.05) is 0 Å². The van der Waals surface area contributed by atoms with E-state index < -0.39 is 4.92 Å². The summed E-state index contributed by atoms with van der Waals surface area (Å²) in [6.07, 6.45) is 4.44. The Bertz CT molecular complexity index is 1080. The van der Waals surface area contributed by atoms with E-state index in [2.05, 4.69) is 37.5 Å². The number of nitro benzene ring substituents is 1. The van der Waals surface area contributed by atoms with Gasteiger partial charge in [0.1, 0.15) is 12.2 Å². The molecule has 42 heavy (non-hydrogen) atoms. The van der Waals surface area contributed by atoms with Crippen LogP contribution in [-0.4, -0.2) is 91.6 Å². The van der Waals surface area contributed by atoms with Crippen LogP contribution >= 0.6 is 0 Å². The number of nitrogens with two attached hydrogens (primary N) is 1. The van der Waals surface area contributed by atoms with Crippen molar-refractivity contribution in [3.8, 4) is 23.0 Å². The molecule has 0 aromatic heterocycles. The lowest BCUT2D eigenvalue weighted by molar-refractivity contribution is -0.385. The molecule has 11 nitrogen and oxygen atoms in total. The SMILES string of the molecule is CO.COc1cc(N)ccc1OC1CCN(C(C)C)CC1.COc1cc([N+](=O)[O-])ccc1OC1CCN(C(C)C)CC1. The predicted octanol–water partition coefficient (Wildman–Crippen LogP) is 4.99. The van der Waals surface area contributed by atoms with Crippen molar-refractivity contribution in [2.75, 3.05) is 53.2 Å². The number of hydrogen-bond donors (Lipinski definition) is 2. The summed E-state index contributed by atoms with van der Waals surface area (Å²) in [6, 6.07) is 11.2. The van der Waals surface area contributed by atoms with Crippen molar-refractivity contribution in [2.24, 2.45) is 0 Å². The third kappa shape index (κ3) is 10.5. The lowest BCUT2D eigenvalue weighted by Crippen LogP contribution is -2.41. The van der Waals surface area contributed by atoms with Gasteiger partial charge in [-0.05, 0) is 71.6 Å². The Morgan fingerprint density at radius 1 is 0.762 bits per heavy atom. The van der Waals surface area contributed by atoms with Crippen LogP contribution in [0.3, 0.4) is 0 Å². The molecule has 2 fully saturated rings. The quantitative estimate of drug-likeness (QED) is 0.234. The first kappa shape index (κ1) is 34.9. The zero-order valence-electron chi connectivity index (χ0n) is 26.2. The minimum atomic E-state index is -0.437. The van der Waals surface area contributed by atoms with Gasteiger partial charge in [-0.3, -0.25) is 10.1 Å². The highest BCUT2D eigenvalue weighted by molar-refractivity contribution is 5.52. The molecular weight excluding hydrogens is 540 g/mol. The number of nitrogens with zero attached hydrogens (tertiary/aromatic N) is 3. The zero-order chi connectivity index (χ0) is 31.2. The standard InChI is InChI=1S/C15H22N2O4.C15H24N2O2.CH4O/c1-11(2)16-8-6-13(7-9-16)21-14-5-4-12(17(18)19)10-15(14)20-3;1-11(2)17-8-6-13(7-9-17)19-14-5-4-12(16)10-15(14)18-3;1-2/h4-5,10-11,13H,6-9H2,1-3H3;4-5,10-11,13H,6-9,16H2,1-3H3;2H,1H3. The van der Waals surface area contributed by atoms with E-state index in [-0.39, 0.29) is 17.9 Å². The van der Waals surface area contributed by atoms with Crippen molar-refractivity contribution in [1.29, 1.82) is 0 Å². The molecule has 2 aliphatic heterocycles. The molecule has 2 aromatic rings. The number of nitrogen functional groups attached to an aromatic ring is 1. The van der Waals surface area contributed by atoms with Gasteiger partial charge in [0.2, 0.25) is 0 Å². The van der Waals surface area contributed by atoms with E-state index in [0.29, 0.717) is 35.0 Å². The summed E-state index contributed by atoms with van der Waals surface area (Å²) in [6.45, 7) is 13.1. The molecule has 4 rings (SSSR count). The molecule has 2 heterocycles. The van der Waals surface area contributed by atoms with Crippen molar-refractivity contribution >= 4 is 11.4 Å². The monoisotopic (exact) mass is 590 g/mol. The Balaban J connectivity index is 0.000000278. The molecule has 0 atom stereocenters. The number of non-ortho nitro benzene ring substituents is 1. The molecule has 2 aliphatic rings. The van der Waals surface area contributed by atoms with Gasteiger partial charge in [0.15, 0.2) is 23.0 Å². The molecule has 11 heteroatoms. The van der Waals surface area contributed by atoms with Crippen LogP contribution in [0.25, 0.3) is 0 Å². The first-order valence-electron chi connectivity index (χ1n) is 14.6. The fourth-order valence-electron chi connectivity index (χ4n) is 5.03. The highest BCUT2D eigenvalue weighted by Gasteiger charge is 2.24. The fourth-order valence-corrected chi connectivity index (χ4v) is 5.03. The number of hydrogen-bond acceptors (Lipinski definition) is 10. The van der Waals surface area contributed by atoms with Crippen molar-refractivity contribution in [3.63, 3.8) is 0 Å². The second-order valence-corrected chi connectivity index (χ2v) is 10.9. The zero-order valence-corrected chi connectivity index (χ0v) is 26.2. The number of anilines is 1. The van der Waals surface area contributed by atoms with E-state index in [1.54, 1.807) is 19.2 Å². The average Bonchev–Trinajstić information content (AvgIpc) is 3.00. The first-order chi connectivity index (χ1) is 20.1. The average molecular weight is 591 g/mol. The fraction of sp³-hybridized carbons (Fsp3) is 0.613. The second-order valence-electron chi connectivity index (χ2n) is 10.9. The summed E-state index contributed by atoms with van der Waals surface area (Å²) in [5.41, 5.74) is 6.45. The summed E-state index contributed by atoms with van der Waals surface area (Å²) in [4.78, 5) is 15.2. The van der Waals surface area contributed by atoms with Crippen LogP contribution in [0.1, 0.15) is 53.4 Å². The van der Waals surface area contributed by atoms with Gasteiger partial charge in [0, 0.05) is 63.2 Å². The van der Waals surface area contributed by atoms with Crippen LogP contribution in [0.5, 0.6) is 23.0 Å². The lowest BCUT2D eigenvalue weighted by Gasteiger charge is -2.34. The Kier molecular flexibility index (Phi) is 14.7. The van der Waals surface area contributed by atoms with E-state index >= 15 is 0 Å². The number of benzene rings is 2. The van der Waals surface area contributed by atoms with Crippen molar-refractivity contribution in [3.05, 3.63) is 46.5 Å². The van der Waals surface area contributed by atoms with E-state index in [0.717, 1.165) is 64.7 Å². The number of piperidine rings is 2. The smallest absolute Gasteiger partial charge is 0.273 e. The Labute approximate surface area is 250 Å². The Hall–Kier alpha value is -3.28. The number of likely N-dealkylation sites (tertiary alicyclic amines) is 2. The molecule has 0 saturated carbocycles. The van der Waals surface area contributed by atoms with Gasteiger partial charge in [-0.2, -0.15) is 0 Å². The number of methoxy groups -OCH3 is 2. The summed E-state index contributed by atoms with van der Waals surface area (Å²) < 4.78 is 22.5. The third-order valence-electron chi connectivity index (χ3n) is 7.55. The number of aliphatic hydroxyl groups is 1. The molecule has 0 bridgehead atoms. The van der Waals surface area contributed by atoms with Crippen molar-refractivity contribution < 1.29 is 29.0 Å². The van der Waals surface area contributed by atoms with E-state index in [9.17, 15) is 10.1 Å². The molecule has 3 N–H and O–H groups in total. The number of aliphatic hydroxyl groups excluding tert-OH is 1. The van der Waals surface area contributed by atoms with Crippen molar-refractivity contribution in [2.45, 2.75) is 77.7 Å². The van der Waals surface area contributed by atoms with Crippen LogP contribution < -0.4 is 24.7 Å². The molecule has 236 valence electrons. The number of rotatable bonds is 9. The van der Waals surface area contributed by atoms with Crippen LogP contribution in [0.2, 0.25) is 0 Å². The normalized spacial score (nSPS) is 16.6. The molecule has 0 spiro atoms. The Morgan fingerprint density at radius 3 is 1.55 bits per heavy atom. The molecule has 2 aromatic carbocycles. The highest BCUT2D eigenvalue weighted by Crippen LogP contribution is 2.33. The predicted molar refractivity (Wildman–Crippen MR) is 166 cm³/mol. The van der Waals surface area contributed by atoms with Crippen LogP contribution in [0.4, 0.5) is 11.4 Å². The van der Waals surface area contributed by atoms with Crippen LogP contribution in [0.15, 0.2) is 36.4 Å². The summed E-state index contributed by atoms with van der Waals surface area (Å²) in [7, 11) is 4.14. The lowest BCUT2D eigenvalue weighted by atomic mass is 10.1. The minimum absolute atomic E-state index is 0.00817. The first-order valence-corrected chi connectivity index (χ1v) is 14.6. The second kappa shape index (κ2) is 17.6. The molecule has 0 unspecified atom stereocenters. The highest BCUT2D eigenvalue weighted by atomic mass is 16.6. The third-order valence-corrected chi connectivity index (χ3v) is 7.55. The van der Waals surface area contributed by atoms with Crippen molar-refractivity contribution in [1.82, 2.24) is 9.80 Å². The summed E-state index contributed by atoms with van der Waals surface area (Å²) in [5, 5.41) is 17.8. The maximum Gasteiger partial charge on any atom is 0.273 e. The molecular formula is C31H50N4O7. The Morgan fingerprint density at radius 2 is 1.17 bits per heavy atom. The van der Waals surface area contributed by atoms with Gasteiger partial charge in [-0.15, -0.1) is 0 Å². The summed E-state index contributed by atoms with van der Waals surface area (Å²) >= 11 is 0. The summed E-state index contributed by atoms with van der Waals surface area (Å²) in [5.74, 6) is 2.49. The maximum absolute atomic E-state index is 10.8. The number of nitro groups is 1. The number of ether oxygens (including phenoxy) is 4.